The molecule has 2 aromatic rings. The first-order chi connectivity index (χ1) is 10.0. The smallest absolute Gasteiger partial charge is 0.430 e. The molecule has 0 atom stereocenters. The molecule has 0 amide bonds. The van der Waals surface area contributed by atoms with E-state index in [1.807, 2.05) is 6.92 Å². The predicted octanol–water partition coefficient (Wildman–Crippen LogP) is 4.16. The monoisotopic (exact) mass is 308 g/mol. The van der Waals surface area contributed by atoms with Gasteiger partial charge in [0.15, 0.2) is 0 Å². The van der Waals surface area contributed by atoms with Crippen LogP contribution in [0.5, 0.6) is 23.0 Å². The largest absolute Gasteiger partial charge is 0.508 e. The third kappa shape index (κ3) is 4.43. The van der Waals surface area contributed by atoms with Crippen LogP contribution in [-0.4, -0.2) is 16.4 Å². The maximum atomic E-state index is 12.8. The van der Waals surface area contributed by atoms with Crippen molar-refractivity contribution in [1.82, 2.24) is 0 Å². The number of hydrogen-bond donors (Lipinski definition) is 2. The average molecular weight is 308 g/mol. The Morgan fingerprint density at radius 2 is 1.24 bits per heavy atom. The van der Waals surface area contributed by atoms with Crippen LogP contribution in [0, 0.1) is 0 Å². The Balaban J connectivity index is 2.17. The molecule has 6 heteroatoms. The summed E-state index contributed by atoms with van der Waals surface area (Å²) in [5.74, 6) is 0.936. The van der Waals surface area contributed by atoms with Gasteiger partial charge in [-0.3, -0.25) is 0 Å². The van der Waals surface area contributed by atoms with E-state index < -0.39 is 7.60 Å². The molecule has 0 radical (unpaired) electrons. The van der Waals surface area contributed by atoms with E-state index in [9.17, 15) is 14.8 Å². The minimum atomic E-state index is -3.36. The minimum Gasteiger partial charge on any atom is -0.508 e. The van der Waals surface area contributed by atoms with Crippen LogP contribution in [0.4, 0.5) is 0 Å². The van der Waals surface area contributed by atoms with E-state index >= 15 is 0 Å². The van der Waals surface area contributed by atoms with E-state index in [1.165, 1.54) is 48.5 Å². The van der Waals surface area contributed by atoms with Crippen LogP contribution >= 0.6 is 7.60 Å². The SMILES string of the molecule is CCCP(=O)(Oc1ccc(O)cc1)Oc1ccc(O)cc1. The summed E-state index contributed by atoms with van der Waals surface area (Å²) in [6.45, 7) is 1.88. The molecule has 0 bridgehead atoms. The second-order valence-corrected chi connectivity index (χ2v) is 6.54. The third-order valence-corrected chi connectivity index (χ3v) is 4.63. The highest BCUT2D eigenvalue weighted by Gasteiger charge is 2.27. The summed E-state index contributed by atoms with van der Waals surface area (Å²) in [6.07, 6.45) is 0.891. The van der Waals surface area contributed by atoms with Gasteiger partial charge in [0.25, 0.3) is 0 Å². The Bertz CT molecular complexity index is 570. The molecule has 0 heterocycles. The zero-order chi connectivity index (χ0) is 15.3. The van der Waals surface area contributed by atoms with Crippen LogP contribution in [0.15, 0.2) is 48.5 Å². The topological polar surface area (TPSA) is 76.0 Å². The van der Waals surface area contributed by atoms with Gasteiger partial charge in [-0.15, -0.1) is 0 Å². The summed E-state index contributed by atoms with van der Waals surface area (Å²) in [4.78, 5) is 0. The first kappa shape index (κ1) is 15.3. The predicted molar refractivity (Wildman–Crippen MR) is 80.2 cm³/mol. The molecule has 0 aliphatic heterocycles. The third-order valence-electron chi connectivity index (χ3n) is 2.66. The van der Waals surface area contributed by atoms with E-state index in [1.54, 1.807) is 0 Å². The zero-order valence-electron chi connectivity index (χ0n) is 11.6. The van der Waals surface area contributed by atoms with Crippen molar-refractivity contribution in [2.24, 2.45) is 0 Å². The molecule has 2 aromatic carbocycles. The lowest BCUT2D eigenvalue weighted by Gasteiger charge is -2.19. The van der Waals surface area contributed by atoms with Crippen LogP contribution < -0.4 is 9.05 Å². The fourth-order valence-corrected chi connectivity index (χ4v) is 3.37. The van der Waals surface area contributed by atoms with Crippen LogP contribution in [0.1, 0.15) is 13.3 Å². The lowest BCUT2D eigenvalue weighted by Crippen LogP contribution is -2.04. The van der Waals surface area contributed by atoms with Crippen molar-refractivity contribution in [1.29, 1.82) is 0 Å². The summed E-state index contributed by atoms with van der Waals surface area (Å²) in [7, 11) is -3.36. The van der Waals surface area contributed by atoms with Gasteiger partial charge in [0.1, 0.15) is 23.0 Å². The molecular formula is C15H17O5P. The van der Waals surface area contributed by atoms with E-state index in [0.717, 1.165) is 0 Å². The number of benzene rings is 2. The van der Waals surface area contributed by atoms with Crippen LogP contribution in [0.25, 0.3) is 0 Å². The summed E-state index contributed by atoms with van der Waals surface area (Å²) in [6, 6.07) is 11.9. The van der Waals surface area contributed by atoms with Gasteiger partial charge >= 0.3 is 7.60 Å². The van der Waals surface area contributed by atoms with Crippen molar-refractivity contribution in [3.8, 4) is 23.0 Å². The molecule has 112 valence electrons. The quantitative estimate of drug-likeness (QED) is 0.784. The number of hydrogen-bond acceptors (Lipinski definition) is 5. The molecule has 21 heavy (non-hydrogen) atoms. The summed E-state index contributed by atoms with van der Waals surface area (Å²) >= 11 is 0. The first-order valence-electron chi connectivity index (χ1n) is 6.57. The Morgan fingerprint density at radius 3 is 1.57 bits per heavy atom. The fourth-order valence-electron chi connectivity index (χ4n) is 1.72. The van der Waals surface area contributed by atoms with Crippen molar-refractivity contribution in [2.45, 2.75) is 13.3 Å². The van der Waals surface area contributed by atoms with Gasteiger partial charge in [0, 0.05) is 0 Å². The van der Waals surface area contributed by atoms with Crippen LogP contribution in [0.3, 0.4) is 0 Å². The lowest BCUT2D eigenvalue weighted by atomic mass is 10.3. The Kier molecular flexibility index (Phi) is 4.76. The maximum absolute atomic E-state index is 12.8. The number of phenols is 2. The molecule has 0 fully saturated rings. The second kappa shape index (κ2) is 6.55. The van der Waals surface area contributed by atoms with Crippen molar-refractivity contribution in [3.63, 3.8) is 0 Å². The molecule has 5 nitrogen and oxygen atoms in total. The standard InChI is InChI=1S/C15H17O5P/c1-2-11-21(18,19-14-7-3-12(16)4-8-14)20-15-9-5-13(17)6-10-15/h3-10,16-17H,2,11H2,1H3. The molecule has 0 aliphatic carbocycles. The second-order valence-electron chi connectivity index (χ2n) is 4.50. The maximum Gasteiger partial charge on any atom is 0.430 e. The normalized spacial score (nSPS) is 11.1. The van der Waals surface area contributed by atoms with Crippen molar-refractivity contribution in [3.05, 3.63) is 48.5 Å². The zero-order valence-corrected chi connectivity index (χ0v) is 12.5. The van der Waals surface area contributed by atoms with E-state index in [0.29, 0.717) is 17.9 Å². The summed E-state index contributed by atoms with van der Waals surface area (Å²) in [5.41, 5.74) is 0. The molecule has 0 saturated heterocycles. The highest BCUT2D eigenvalue weighted by atomic mass is 31.2. The average Bonchev–Trinajstić information content (AvgIpc) is 2.44. The molecule has 0 aromatic heterocycles. The van der Waals surface area contributed by atoms with Gasteiger partial charge in [-0.2, -0.15) is 0 Å². The van der Waals surface area contributed by atoms with Crippen molar-refractivity contribution < 1.29 is 23.8 Å². The van der Waals surface area contributed by atoms with Gasteiger partial charge in [0.2, 0.25) is 0 Å². The molecule has 0 spiro atoms. The lowest BCUT2D eigenvalue weighted by molar-refractivity contribution is 0.384. The molecule has 0 unspecified atom stereocenters. The minimum absolute atomic E-state index is 0.104. The van der Waals surface area contributed by atoms with Gasteiger partial charge in [0.05, 0.1) is 6.16 Å². The number of aromatic hydroxyl groups is 2. The summed E-state index contributed by atoms with van der Waals surface area (Å²) < 4.78 is 23.7. The number of phenolic OH excluding ortho intramolecular Hbond substituents is 2. The molecule has 0 saturated carbocycles. The Labute approximate surface area is 123 Å². The summed E-state index contributed by atoms with van der Waals surface area (Å²) in [5, 5.41) is 18.5. The Hall–Kier alpha value is -2.13. The molecule has 2 N–H and O–H groups in total. The molecule has 2 rings (SSSR count). The van der Waals surface area contributed by atoms with E-state index in [-0.39, 0.29) is 17.7 Å². The van der Waals surface area contributed by atoms with Crippen molar-refractivity contribution >= 4 is 7.60 Å². The first-order valence-corrected chi connectivity index (χ1v) is 8.30. The van der Waals surface area contributed by atoms with Crippen LogP contribution in [-0.2, 0) is 4.57 Å². The highest BCUT2D eigenvalue weighted by Crippen LogP contribution is 2.49. The van der Waals surface area contributed by atoms with Gasteiger partial charge in [-0.1, -0.05) is 6.92 Å². The highest BCUT2D eigenvalue weighted by molar-refractivity contribution is 7.54. The Morgan fingerprint density at radius 1 is 0.857 bits per heavy atom. The van der Waals surface area contributed by atoms with Crippen LogP contribution in [0.2, 0.25) is 0 Å². The number of rotatable bonds is 6. The molecular weight excluding hydrogens is 291 g/mol. The van der Waals surface area contributed by atoms with Gasteiger partial charge in [-0.05, 0) is 55.0 Å². The van der Waals surface area contributed by atoms with E-state index in [2.05, 4.69) is 0 Å². The van der Waals surface area contributed by atoms with Gasteiger partial charge < -0.3 is 19.3 Å². The van der Waals surface area contributed by atoms with Gasteiger partial charge in [-0.25, -0.2) is 4.57 Å². The van der Waals surface area contributed by atoms with Crippen molar-refractivity contribution in [2.75, 3.05) is 6.16 Å². The molecule has 0 aliphatic rings. The van der Waals surface area contributed by atoms with E-state index in [4.69, 9.17) is 9.05 Å². The fraction of sp³-hybridized carbons (Fsp3) is 0.200.